The molecular formula is C16H33N3O2. The molecule has 1 heterocycles. The highest BCUT2D eigenvalue weighted by Gasteiger charge is 2.34. The summed E-state index contributed by atoms with van der Waals surface area (Å²) in [6, 6.07) is 0.178. The van der Waals surface area contributed by atoms with Gasteiger partial charge in [-0.05, 0) is 73.1 Å². The molecule has 5 heteroatoms. The molecule has 1 aliphatic rings. The van der Waals surface area contributed by atoms with Gasteiger partial charge in [-0.25, -0.2) is 0 Å². The molecule has 0 radical (unpaired) electrons. The van der Waals surface area contributed by atoms with Gasteiger partial charge in [0, 0.05) is 19.1 Å². The fraction of sp³-hybridized carbons (Fsp3) is 0.938. The van der Waals surface area contributed by atoms with Gasteiger partial charge in [0.05, 0.1) is 0 Å². The second kappa shape index (κ2) is 8.11. The van der Waals surface area contributed by atoms with E-state index in [1.807, 2.05) is 13.8 Å². The molecule has 0 spiro atoms. The van der Waals surface area contributed by atoms with Gasteiger partial charge in [-0.2, -0.15) is 0 Å². The van der Waals surface area contributed by atoms with Crippen molar-refractivity contribution < 1.29 is 9.90 Å². The first-order valence-corrected chi connectivity index (χ1v) is 8.11. The second-order valence-electron chi connectivity index (χ2n) is 7.23. The Bertz CT molecular complexity index is 325. The van der Waals surface area contributed by atoms with Gasteiger partial charge in [-0.1, -0.05) is 0 Å². The van der Waals surface area contributed by atoms with E-state index in [1.54, 1.807) is 6.92 Å². The molecule has 0 amide bonds. The lowest BCUT2D eigenvalue weighted by Crippen LogP contribution is -2.54. The third-order valence-corrected chi connectivity index (χ3v) is 4.34. The molecule has 1 rings (SSSR count). The number of nitrogens with one attached hydrogen (secondary N) is 1. The third-order valence-electron chi connectivity index (χ3n) is 4.34. The van der Waals surface area contributed by atoms with Crippen molar-refractivity contribution in [1.29, 1.82) is 0 Å². The van der Waals surface area contributed by atoms with Crippen LogP contribution in [0.1, 0.15) is 40.0 Å². The van der Waals surface area contributed by atoms with E-state index in [0.29, 0.717) is 6.42 Å². The molecule has 0 aromatic carbocycles. The summed E-state index contributed by atoms with van der Waals surface area (Å²) in [5.74, 6) is 0.0367. The van der Waals surface area contributed by atoms with Gasteiger partial charge in [0.2, 0.25) is 0 Å². The van der Waals surface area contributed by atoms with Crippen LogP contribution in [0, 0.1) is 5.92 Å². The van der Waals surface area contributed by atoms with Crippen molar-refractivity contribution in [1.82, 2.24) is 15.1 Å². The minimum Gasteiger partial charge on any atom is -0.480 e. The van der Waals surface area contributed by atoms with Crippen LogP contribution < -0.4 is 5.32 Å². The van der Waals surface area contributed by atoms with E-state index in [2.05, 4.69) is 29.2 Å². The van der Waals surface area contributed by atoms with E-state index in [-0.39, 0.29) is 6.04 Å². The zero-order chi connectivity index (χ0) is 16.0. The number of hydrogen-bond acceptors (Lipinski definition) is 4. The Morgan fingerprint density at radius 3 is 2.38 bits per heavy atom. The summed E-state index contributed by atoms with van der Waals surface area (Å²) in [7, 11) is 4.25. The highest BCUT2D eigenvalue weighted by molar-refractivity contribution is 5.78. The molecule has 1 atom stereocenters. The molecule has 124 valence electrons. The number of hydrogen-bond donors (Lipinski definition) is 2. The summed E-state index contributed by atoms with van der Waals surface area (Å²) in [6.07, 6.45) is 3.10. The molecular weight excluding hydrogens is 266 g/mol. The molecule has 0 saturated carbocycles. The number of aliphatic carboxylic acids is 1. The van der Waals surface area contributed by atoms with Gasteiger partial charge in [0.25, 0.3) is 0 Å². The molecule has 2 N–H and O–H groups in total. The normalized spacial score (nSPS) is 20.9. The summed E-state index contributed by atoms with van der Waals surface area (Å²) < 4.78 is 0. The molecule has 1 aliphatic heterocycles. The van der Waals surface area contributed by atoms with Crippen LogP contribution in [0.5, 0.6) is 0 Å². The molecule has 1 fully saturated rings. The quantitative estimate of drug-likeness (QED) is 0.711. The van der Waals surface area contributed by atoms with Crippen LogP contribution in [-0.4, -0.2) is 72.7 Å². The topological polar surface area (TPSA) is 55.8 Å². The highest BCUT2D eigenvalue weighted by atomic mass is 16.4. The molecule has 0 aromatic rings. The number of piperidine rings is 1. The van der Waals surface area contributed by atoms with E-state index >= 15 is 0 Å². The number of rotatable bonds is 8. The monoisotopic (exact) mass is 299 g/mol. The maximum absolute atomic E-state index is 11.5. The zero-order valence-electron chi connectivity index (χ0n) is 14.4. The lowest BCUT2D eigenvalue weighted by atomic mass is 9.93. The van der Waals surface area contributed by atoms with Crippen molar-refractivity contribution in [3.05, 3.63) is 0 Å². The largest absolute Gasteiger partial charge is 0.480 e. The Hall–Kier alpha value is -0.650. The summed E-state index contributed by atoms with van der Waals surface area (Å²) in [5.41, 5.74) is -0.825. The van der Waals surface area contributed by atoms with Crippen LogP contribution in [0.25, 0.3) is 0 Å². The molecule has 0 aliphatic carbocycles. The maximum atomic E-state index is 11.5. The van der Waals surface area contributed by atoms with Crippen LogP contribution in [0.2, 0.25) is 0 Å². The molecule has 5 nitrogen and oxygen atoms in total. The molecule has 0 aromatic heterocycles. The minimum atomic E-state index is -0.825. The third kappa shape index (κ3) is 6.32. The summed E-state index contributed by atoms with van der Waals surface area (Å²) >= 11 is 0. The first-order chi connectivity index (χ1) is 9.73. The van der Waals surface area contributed by atoms with Crippen molar-refractivity contribution >= 4 is 5.97 Å². The number of carbonyl (C=O) groups is 1. The van der Waals surface area contributed by atoms with Crippen molar-refractivity contribution in [3.8, 4) is 0 Å². The summed E-state index contributed by atoms with van der Waals surface area (Å²) in [6.45, 7) is 9.99. The van der Waals surface area contributed by atoms with Crippen molar-refractivity contribution in [2.24, 2.45) is 5.92 Å². The van der Waals surface area contributed by atoms with Crippen LogP contribution >= 0.6 is 0 Å². The number of carboxylic acid groups (broad SMARTS) is 1. The average Bonchev–Trinajstić information content (AvgIpc) is 2.36. The average molecular weight is 299 g/mol. The summed E-state index contributed by atoms with van der Waals surface area (Å²) in [5, 5.41) is 12.7. The predicted molar refractivity (Wildman–Crippen MR) is 86.6 cm³/mol. The maximum Gasteiger partial charge on any atom is 0.323 e. The Morgan fingerprint density at radius 1 is 1.38 bits per heavy atom. The zero-order valence-corrected chi connectivity index (χ0v) is 14.4. The van der Waals surface area contributed by atoms with Crippen LogP contribution in [0.15, 0.2) is 0 Å². The predicted octanol–water partition coefficient (Wildman–Crippen LogP) is 1.49. The lowest BCUT2D eigenvalue weighted by Gasteiger charge is -2.36. The van der Waals surface area contributed by atoms with Gasteiger partial charge < -0.3 is 14.9 Å². The first-order valence-electron chi connectivity index (χ1n) is 8.11. The number of carboxylic acids is 1. The fourth-order valence-corrected chi connectivity index (χ4v) is 3.17. The molecule has 1 unspecified atom stereocenters. The lowest BCUT2D eigenvalue weighted by molar-refractivity contribution is -0.145. The second-order valence-corrected chi connectivity index (χ2v) is 7.23. The van der Waals surface area contributed by atoms with E-state index in [4.69, 9.17) is 0 Å². The highest BCUT2D eigenvalue weighted by Crippen LogP contribution is 2.20. The molecule has 21 heavy (non-hydrogen) atoms. The van der Waals surface area contributed by atoms with Crippen LogP contribution in [-0.2, 0) is 4.79 Å². The summed E-state index contributed by atoms with van der Waals surface area (Å²) in [4.78, 5) is 16.2. The fourth-order valence-electron chi connectivity index (χ4n) is 3.17. The van der Waals surface area contributed by atoms with Gasteiger partial charge >= 0.3 is 5.97 Å². The van der Waals surface area contributed by atoms with Crippen molar-refractivity contribution in [2.45, 2.75) is 51.6 Å². The van der Waals surface area contributed by atoms with Crippen LogP contribution in [0.4, 0.5) is 0 Å². The Morgan fingerprint density at radius 2 is 1.95 bits per heavy atom. The van der Waals surface area contributed by atoms with Gasteiger partial charge in [-0.15, -0.1) is 0 Å². The van der Waals surface area contributed by atoms with Crippen molar-refractivity contribution in [3.63, 3.8) is 0 Å². The Labute approximate surface area is 129 Å². The van der Waals surface area contributed by atoms with E-state index in [1.165, 1.54) is 12.8 Å². The Balaban J connectivity index is 2.39. The van der Waals surface area contributed by atoms with Gasteiger partial charge in [0.15, 0.2) is 0 Å². The number of nitrogens with zero attached hydrogens (tertiary/aromatic N) is 2. The standard InChI is InChI=1S/C16H33N3O2/c1-13(2)17-16(3,15(20)21)8-11-19-9-6-14(7-10-19)12-18(4)5/h13-14,17H,6-12H2,1-5H3,(H,20,21). The molecule has 0 bridgehead atoms. The van der Waals surface area contributed by atoms with Crippen molar-refractivity contribution in [2.75, 3.05) is 40.3 Å². The SMILES string of the molecule is CC(C)NC(C)(CCN1CCC(CN(C)C)CC1)C(=O)O. The minimum absolute atomic E-state index is 0.178. The number of likely N-dealkylation sites (tertiary alicyclic amines) is 1. The van der Waals surface area contributed by atoms with Crippen LogP contribution in [0.3, 0.4) is 0 Å². The first kappa shape index (κ1) is 18.4. The Kier molecular flexibility index (Phi) is 7.10. The van der Waals surface area contributed by atoms with E-state index in [9.17, 15) is 9.90 Å². The molecule has 1 saturated heterocycles. The van der Waals surface area contributed by atoms with Gasteiger partial charge in [0.1, 0.15) is 5.54 Å². The smallest absolute Gasteiger partial charge is 0.323 e. The van der Waals surface area contributed by atoms with E-state index in [0.717, 1.165) is 32.1 Å². The van der Waals surface area contributed by atoms with Gasteiger partial charge in [-0.3, -0.25) is 10.1 Å². The van der Waals surface area contributed by atoms with E-state index < -0.39 is 11.5 Å².